The number of aromatic nitrogens is 1. The molecule has 1 radical (unpaired) electrons. The summed E-state index contributed by atoms with van der Waals surface area (Å²) in [5.41, 5.74) is 4.61. The van der Waals surface area contributed by atoms with Gasteiger partial charge in [-0.1, -0.05) is 54.6 Å². The minimum Gasteiger partial charge on any atom is -0.256 e. The van der Waals surface area contributed by atoms with Crippen LogP contribution in [0.4, 0.5) is 0 Å². The van der Waals surface area contributed by atoms with E-state index in [1.807, 2.05) is 30.5 Å². The predicted molar refractivity (Wildman–Crippen MR) is 75.1 cm³/mol. The van der Waals surface area contributed by atoms with Crippen molar-refractivity contribution in [1.82, 2.24) is 4.98 Å². The molecule has 1 aromatic heterocycles. The number of benzene rings is 2. The van der Waals surface area contributed by atoms with E-state index < -0.39 is 0 Å². The van der Waals surface area contributed by atoms with Crippen LogP contribution in [0.3, 0.4) is 0 Å². The third-order valence-corrected chi connectivity index (χ3v) is 2.93. The zero-order valence-corrected chi connectivity index (χ0v) is 12.7. The topological polar surface area (TPSA) is 12.9 Å². The molecule has 0 aliphatic heterocycles. The molecule has 0 amide bonds. The van der Waals surface area contributed by atoms with Crippen LogP contribution < -0.4 is 0 Å². The maximum atomic E-state index is 4.38. The Balaban J connectivity index is 0.00000133. The normalized spacial score (nSPS) is 9.68. The minimum absolute atomic E-state index is 0. The standard InChI is InChI=1S/C17H13N.Ir/c1-2-7-14(8-3-1)15-9-6-10-16(13-15)17-11-4-5-12-18-17;/h1-13H;. The van der Waals surface area contributed by atoms with Crippen molar-refractivity contribution >= 4 is 0 Å². The summed E-state index contributed by atoms with van der Waals surface area (Å²) >= 11 is 0. The van der Waals surface area contributed by atoms with Gasteiger partial charge in [-0.3, -0.25) is 4.98 Å². The Bertz CT molecular complexity index is 581. The summed E-state index contributed by atoms with van der Waals surface area (Å²) in [5.74, 6) is 0. The Morgan fingerprint density at radius 2 is 1.26 bits per heavy atom. The molecule has 2 aromatic carbocycles. The smallest absolute Gasteiger partial charge is 0.0702 e. The molecule has 3 aromatic rings. The van der Waals surface area contributed by atoms with E-state index in [-0.39, 0.29) is 20.1 Å². The van der Waals surface area contributed by atoms with Gasteiger partial charge in [0.1, 0.15) is 0 Å². The molecule has 19 heavy (non-hydrogen) atoms. The molecule has 1 nitrogen and oxygen atoms in total. The average molecular weight is 424 g/mol. The Morgan fingerprint density at radius 3 is 2.00 bits per heavy atom. The maximum absolute atomic E-state index is 4.38. The van der Waals surface area contributed by atoms with Gasteiger partial charge in [-0.15, -0.1) is 0 Å². The minimum atomic E-state index is 0. The molecule has 0 unspecified atom stereocenters. The van der Waals surface area contributed by atoms with Crippen LogP contribution in [0.25, 0.3) is 22.4 Å². The SMILES string of the molecule is [Ir].c1ccc(-c2cccc(-c3ccccn3)c2)cc1. The molecule has 0 spiro atoms. The van der Waals surface area contributed by atoms with E-state index in [0.717, 1.165) is 11.3 Å². The molecule has 0 N–H and O–H groups in total. The van der Waals surface area contributed by atoms with Crippen molar-refractivity contribution in [1.29, 1.82) is 0 Å². The van der Waals surface area contributed by atoms with Gasteiger partial charge in [0.2, 0.25) is 0 Å². The third-order valence-electron chi connectivity index (χ3n) is 2.93. The number of hydrogen-bond acceptors (Lipinski definition) is 1. The Labute approximate surface area is 126 Å². The summed E-state index contributed by atoms with van der Waals surface area (Å²) in [4.78, 5) is 4.38. The maximum Gasteiger partial charge on any atom is 0.0702 e. The van der Waals surface area contributed by atoms with Crippen LogP contribution in [0, 0.1) is 0 Å². The fourth-order valence-corrected chi connectivity index (χ4v) is 2.02. The first kappa shape index (κ1) is 13.7. The molecule has 0 bridgehead atoms. The van der Waals surface area contributed by atoms with Crippen molar-refractivity contribution < 1.29 is 20.1 Å². The zero-order chi connectivity index (χ0) is 12.2. The van der Waals surface area contributed by atoms with Crippen LogP contribution >= 0.6 is 0 Å². The van der Waals surface area contributed by atoms with E-state index >= 15 is 0 Å². The molecule has 0 aliphatic carbocycles. The van der Waals surface area contributed by atoms with E-state index in [1.54, 1.807) is 0 Å². The second-order valence-electron chi connectivity index (χ2n) is 4.16. The average Bonchev–Trinajstić information content (AvgIpc) is 2.49. The molecule has 0 aliphatic rings. The van der Waals surface area contributed by atoms with Crippen molar-refractivity contribution in [3.8, 4) is 22.4 Å². The van der Waals surface area contributed by atoms with E-state index in [0.29, 0.717) is 0 Å². The number of nitrogens with zero attached hydrogens (tertiary/aromatic N) is 1. The van der Waals surface area contributed by atoms with Crippen LogP contribution in [0.15, 0.2) is 79.0 Å². The summed E-state index contributed by atoms with van der Waals surface area (Å²) in [5, 5.41) is 0. The summed E-state index contributed by atoms with van der Waals surface area (Å²) in [7, 11) is 0. The number of hydrogen-bond donors (Lipinski definition) is 0. The largest absolute Gasteiger partial charge is 0.256 e. The second kappa shape index (κ2) is 6.42. The molecular weight excluding hydrogens is 410 g/mol. The molecule has 0 saturated heterocycles. The summed E-state index contributed by atoms with van der Waals surface area (Å²) in [6.45, 7) is 0. The van der Waals surface area contributed by atoms with Gasteiger partial charge in [0.05, 0.1) is 5.69 Å². The van der Waals surface area contributed by atoms with Crippen molar-refractivity contribution in [3.63, 3.8) is 0 Å². The molecule has 0 atom stereocenters. The monoisotopic (exact) mass is 424 g/mol. The molecule has 1 heterocycles. The molecule has 0 saturated carbocycles. The summed E-state index contributed by atoms with van der Waals surface area (Å²) in [6, 6.07) is 24.8. The first-order chi connectivity index (χ1) is 8.93. The van der Waals surface area contributed by atoms with E-state index in [2.05, 4.69) is 53.5 Å². The number of rotatable bonds is 2. The van der Waals surface area contributed by atoms with E-state index in [4.69, 9.17) is 0 Å². The van der Waals surface area contributed by atoms with Gasteiger partial charge in [0.25, 0.3) is 0 Å². The summed E-state index contributed by atoms with van der Waals surface area (Å²) in [6.07, 6.45) is 1.82. The van der Waals surface area contributed by atoms with Crippen LogP contribution in [-0.2, 0) is 20.1 Å². The van der Waals surface area contributed by atoms with Gasteiger partial charge < -0.3 is 0 Å². The second-order valence-corrected chi connectivity index (χ2v) is 4.16. The zero-order valence-electron chi connectivity index (χ0n) is 10.3. The molecule has 2 heteroatoms. The van der Waals surface area contributed by atoms with Gasteiger partial charge >= 0.3 is 0 Å². The van der Waals surface area contributed by atoms with Gasteiger partial charge in [-0.2, -0.15) is 0 Å². The fourth-order valence-electron chi connectivity index (χ4n) is 2.02. The van der Waals surface area contributed by atoms with Crippen molar-refractivity contribution in [2.75, 3.05) is 0 Å². The van der Waals surface area contributed by atoms with Gasteiger partial charge in [0.15, 0.2) is 0 Å². The molecule has 3 rings (SSSR count). The van der Waals surface area contributed by atoms with Crippen LogP contribution in [-0.4, -0.2) is 4.98 Å². The van der Waals surface area contributed by atoms with E-state index in [1.165, 1.54) is 11.1 Å². The quantitative estimate of drug-likeness (QED) is 0.595. The number of pyridine rings is 1. The van der Waals surface area contributed by atoms with Gasteiger partial charge in [-0.25, -0.2) is 0 Å². The van der Waals surface area contributed by atoms with Crippen LogP contribution in [0.2, 0.25) is 0 Å². The van der Waals surface area contributed by atoms with Crippen molar-refractivity contribution in [2.24, 2.45) is 0 Å². The summed E-state index contributed by atoms with van der Waals surface area (Å²) < 4.78 is 0. The molecule has 0 fully saturated rings. The van der Waals surface area contributed by atoms with Crippen LogP contribution in [0.1, 0.15) is 0 Å². The van der Waals surface area contributed by atoms with Crippen molar-refractivity contribution in [2.45, 2.75) is 0 Å². The fraction of sp³-hybridized carbons (Fsp3) is 0. The first-order valence-corrected chi connectivity index (χ1v) is 6.00. The Hall–Kier alpha value is -1.76. The van der Waals surface area contributed by atoms with E-state index in [9.17, 15) is 0 Å². The van der Waals surface area contributed by atoms with Gasteiger partial charge in [0, 0.05) is 31.9 Å². The Morgan fingerprint density at radius 1 is 0.579 bits per heavy atom. The van der Waals surface area contributed by atoms with Crippen LogP contribution in [0.5, 0.6) is 0 Å². The molecular formula is C17H13IrN. The van der Waals surface area contributed by atoms with Gasteiger partial charge in [-0.05, 0) is 29.3 Å². The third kappa shape index (κ3) is 3.17. The Kier molecular flexibility index (Phi) is 4.62. The molecule has 95 valence electrons. The van der Waals surface area contributed by atoms with Crippen molar-refractivity contribution in [3.05, 3.63) is 79.0 Å². The first-order valence-electron chi connectivity index (χ1n) is 6.00. The predicted octanol–water partition coefficient (Wildman–Crippen LogP) is 4.41.